The molecule has 0 saturated carbocycles. The van der Waals surface area contributed by atoms with E-state index in [9.17, 15) is 19.0 Å². The van der Waals surface area contributed by atoms with Crippen LogP contribution in [0, 0.1) is 0 Å². The second-order valence-electron chi connectivity index (χ2n) is 20.0. The normalized spacial score (nSPS) is 13.6. The van der Waals surface area contributed by atoms with Crippen LogP contribution in [0.1, 0.15) is 258 Å². The Morgan fingerprint density at radius 3 is 1.26 bits per heavy atom. The first-order valence-electron chi connectivity index (χ1n) is 27.7. The second-order valence-corrected chi connectivity index (χ2v) is 21.4. The van der Waals surface area contributed by atoms with E-state index in [2.05, 4.69) is 50.3 Å². The Hall–Kier alpha value is -1.77. The van der Waals surface area contributed by atoms with Crippen molar-refractivity contribution in [3.63, 3.8) is 0 Å². The number of carbonyl (C=O) groups is 2. The Bertz CT molecular complexity index is 1210. The summed E-state index contributed by atoms with van der Waals surface area (Å²) in [6.45, 7) is 4.39. The van der Waals surface area contributed by atoms with Gasteiger partial charge in [0.05, 0.1) is 27.7 Å². The highest BCUT2D eigenvalue weighted by Gasteiger charge is 2.27. The van der Waals surface area contributed by atoms with Gasteiger partial charge in [-0.05, 0) is 64.2 Å². The Labute approximate surface area is 408 Å². The molecule has 0 fully saturated rings. The lowest BCUT2D eigenvalue weighted by Gasteiger charge is -2.24. The minimum absolute atomic E-state index is 0.0318. The predicted octanol–water partition coefficient (Wildman–Crippen LogP) is 16.8. The van der Waals surface area contributed by atoms with Crippen molar-refractivity contribution in [2.75, 3.05) is 47.5 Å². The largest absolute Gasteiger partial charge is 0.472 e. The number of rotatable bonds is 51. The van der Waals surface area contributed by atoms with Crippen LogP contribution in [0.15, 0.2) is 36.5 Å². The van der Waals surface area contributed by atoms with Crippen LogP contribution in [0.4, 0.5) is 0 Å². The molecule has 2 unspecified atom stereocenters. The molecule has 0 aliphatic rings. The van der Waals surface area contributed by atoms with Crippen LogP contribution < -0.4 is 0 Å². The first-order chi connectivity index (χ1) is 32.0. The highest BCUT2D eigenvalue weighted by molar-refractivity contribution is 7.47. The summed E-state index contributed by atoms with van der Waals surface area (Å²) in [6, 6.07) is 0. The fourth-order valence-corrected chi connectivity index (χ4v) is 8.53. The molecular weight excluding hydrogens is 846 g/mol. The van der Waals surface area contributed by atoms with Crippen molar-refractivity contribution in [2.24, 2.45) is 0 Å². The van der Waals surface area contributed by atoms with Crippen molar-refractivity contribution >= 4 is 19.8 Å². The van der Waals surface area contributed by atoms with Crippen molar-refractivity contribution in [3.05, 3.63) is 36.5 Å². The number of allylic oxidation sites excluding steroid dienone is 6. The van der Waals surface area contributed by atoms with Crippen molar-refractivity contribution in [3.8, 4) is 0 Å². The zero-order valence-electron chi connectivity index (χ0n) is 43.9. The average molecular weight is 953 g/mol. The topological polar surface area (TPSA) is 108 Å². The number of nitrogens with zero attached hydrogens (tertiary/aromatic N) is 1. The molecule has 0 radical (unpaired) electrons. The van der Waals surface area contributed by atoms with Crippen LogP contribution in [0.3, 0.4) is 0 Å². The summed E-state index contributed by atoms with van der Waals surface area (Å²) in [5.41, 5.74) is 0. The van der Waals surface area contributed by atoms with Gasteiger partial charge < -0.3 is 18.9 Å². The summed E-state index contributed by atoms with van der Waals surface area (Å²) < 4.78 is 34.4. The zero-order valence-corrected chi connectivity index (χ0v) is 44.8. The molecule has 0 spiro atoms. The number of hydrogen-bond donors (Lipinski definition) is 1. The van der Waals surface area contributed by atoms with Gasteiger partial charge in [-0.15, -0.1) is 0 Å². The lowest BCUT2D eigenvalue weighted by molar-refractivity contribution is -0.870. The molecule has 0 aromatic carbocycles. The van der Waals surface area contributed by atoms with Gasteiger partial charge in [0.25, 0.3) is 0 Å². The van der Waals surface area contributed by atoms with Gasteiger partial charge in [0.15, 0.2) is 6.10 Å². The summed E-state index contributed by atoms with van der Waals surface area (Å²) in [7, 11) is 1.48. The highest BCUT2D eigenvalue weighted by atomic mass is 31.2. The minimum Gasteiger partial charge on any atom is -0.462 e. The molecule has 0 saturated heterocycles. The molecular formula is C56H107NO8P+. The third kappa shape index (κ3) is 51.6. The highest BCUT2D eigenvalue weighted by Crippen LogP contribution is 2.43. The third-order valence-corrected chi connectivity index (χ3v) is 13.1. The first-order valence-corrected chi connectivity index (χ1v) is 29.2. The molecule has 2 atom stereocenters. The Morgan fingerprint density at radius 1 is 0.470 bits per heavy atom. The fraction of sp³-hybridized carbons (Fsp3) is 0.857. The number of likely N-dealkylation sites (N-methyl/N-ethyl adjacent to an activating group) is 1. The molecule has 66 heavy (non-hydrogen) atoms. The maximum Gasteiger partial charge on any atom is 0.472 e. The number of phosphoric acid groups is 1. The molecule has 0 bridgehead atoms. The summed E-state index contributed by atoms with van der Waals surface area (Å²) >= 11 is 0. The summed E-state index contributed by atoms with van der Waals surface area (Å²) in [6.07, 6.45) is 58.0. The van der Waals surface area contributed by atoms with Gasteiger partial charge >= 0.3 is 19.8 Å². The smallest absolute Gasteiger partial charge is 0.462 e. The molecule has 0 aliphatic carbocycles. The van der Waals surface area contributed by atoms with Crippen molar-refractivity contribution < 1.29 is 42.1 Å². The zero-order chi connectivity index (χ0) is 48.5. The van der Waals surface area contributed by atoms with E-state index in [0.29, 0.717) is 17.4 Å². The van der Waals surface area contributed by atoms with Crippen LogP contribution in [0.2, 0.25) is 0 Å². The quantitative estimate of drug-likeness (QED) is 0.0211. The molecule has 0 heterocycles. The monoisotopic (exact) mass is 953 g/mol. The molecule has 0 aromatic heterocycles. The number of quaternary nitrogens is 1. The number of esters is 2. The molecule has 10 heteroatoms. The maximum atomic E-state index is 12.8. The van der Waals surface area contributed by atoms with Crippen molar-refractivity contribution in [1.29, 1.82) is 0 Å². The van der Waals surface area contributed by atoms with E-state index in [0.717, 1.165) is 64.2 Å². The van der Waals surface area contributed by atoms with E-state index in [1.54, 1.807) is 0 Å². The molecule has 0 aromatic rings. The fourth-order valence-electron chi connectivity index (χ4n) is 7.79. The van der Waals surface area contributed by atoms with Crippen LogP contribution in [0.5, 0.6) is 0 Å². The summed E-state index contributed by atoms with van der Waals surface area (Å²) in [5.74, 6) is -0.800. The molecule has 0 aliphatic heterocycles. The van der Waals surface area contributed by atoms with E-state index >= 15 is 0 Å². The first kappa shape index (κ1) is 64.2. The van der Waals surface area contributed by atoms with Crippen molar-refractivity contribution in [1.82, 2.24) is 0 Å². The number of ether oxygens (including phenoxy) is 2. The molecule has 0 rings (SSSR count). The molecule has 388 valence electrons. The average Bonchev–Trinajstić information content (AvgIpc) is 3.27. The standard InChI is InChI=1S/C56H106NO8P/c1-6-8-10-12-14-16-18-19-20-21-22-23-24-25-26-27-28-29-30-31-32-33-34-35-36-37-39-41-43-45-47-49-56(59)65-54(53-64-66(60,61)63-51-50-57(3,4)5)52-62-55(58)48-46-44-42-40-38-17-15-13-11-9-7-2/h13,15,18-19,21-22,54H,6-12,14,16-17,20,23-53H2,1-5H3/p+1/b15-13-,19-18-,22-21-. The second kappa shape index (κ2) is 48.3. The van der Waals surface area contributed by atoms with Crippen LogP contribution in [-0.2, 0) is 32.7 Å². The van der Waals surface area contributed by atoms with Crippen LogP contribution in [-0.4, -0.2) is 74.9 Å². The van der Waals surface area contributed by atoms with Crippen LogP contribution >= 0.6 is 7.82 Å². The molecule has 9 nitrogen and oxygen atoms in total. The van der Waals surface area contributed by atoms with Crippen LogP contribution in [0.25, 0.3) is 0 Å². The lowest BCUT2D eigenvalue weighted by atomic mass is 10.0. The van der Waals surface area contributed by atoms with E-state index in [1.165, 1.54) is 161 Å². The number of unbranched alkanes of at least 4 members (excludes halogenated alkanes) is 31. The van der Waals surface area contributed by atoms with E-state index < -0.39 is 26.5 Å². The van der Waals surface area contributed by atoms with Gasteiger partial charge in [-0.1, -0.05) is 217 Å². The van der Waals surface area contributed by atoms with Gasteiger partial charge in [0.2, 0.25) is 0 Å². The maximum absolute atomic E-state index is 12.8. The summed E-state index contributed by atoms with van der Waals surface area (Å²) in [5, 5.41) is 0. The third-order valence-electron chi connectivity index (χ3n) is 12.1. The minimum atomic E-state index is -4.38. The molecule has 1 N–H and O–H groups in total. The van der Waals surface area contributed by atoms with E-state index in [1.807, 2.05) is 21.1 Å². The van der Waals surface area contributed by atoms with Gasteiger partial charge in [0, 0.05) is 12.8 Å². The van der Waals surface area contributed by atoms with Crippen molar-refractivity contribution in [2.45, 2.75) is 264 Å². The molecule has 0 amide bonds. The number of hydrogen-bond acceptors (Lipinski definition) is 7. The lowest BCUT2D eigenvalue weighted by Crippen LogP contribution is -2.37. The van der Waals surface area contributed by atoms with E-state index in [-0.39, 0.29) is 32.0 Å². The van der Waals surface area contributed by atoms with Gasteiger partial charge in [-0.2, -0.15) is 0 Å². The Kier molecular flexibility index (Phi) is 47.0. The van der Waals surface area contributed by atoms with Gasteiger partial charge in [0.1, 0.15) is 19.8 Å². The summed E-state index contributed by atoms with van der Waals surface area (Å²) in [4.78, 5) is 35.5. The Morgan fingerprint density at radius 2 is 0.833 bits per heavy atom. The van der Waals surface area contributed by atoms with Gasteiger partial charge in [-0.25, -0.2) is 4.57 Å². The number of phosphoric ester groups is 1. The SMILES string of the molecule is CCCC/C=C\CCCCCCCC(=O)OCC(COP(=O)(O)OCC[N+](C)(C)C)OC(=O)CCCCCCCCCCCCCCCCCCCCC/C=C\C/C=C\CCCCCCC. The Balaban J connectivity index is 4.00. The predicted molar refractivity (Wildman–Crippen MR) is 280 cm³/mol. The van der Waals surface area contributed by atoms with E-state index in [4.69, 9.17) is 18.5 Å². The van der Waals surface area contributed by atoms with Gasteiger partial charge in [-0.3, -0.25) is 18.6 Å². The number of carbonyl (C=O) groups excluding carboxylic acids is 2.